The van der Waals surface area contributed by atoms with E-state index in [1.807, 2.05) is 66.9 Å². The molecule has 0 amide bonds. The maximum Gasteiger partial charge on any atom is 0.317 e. The van der Waals surface area contributed by atoms with Gasteiger partial charge in [-0.3, -0.25) is 9.69 Å². The topological polar surface area (TPSA) is 58.4 Å². The van der Waals surface area contributed by atoms with Crippen molar-refractivity contribution in [2.45, 2.75) is 33.4 Å². The number of nitrogens with zero attached hydrogens (tertiary/aromatic N) is 3. The van der Waals surface area contributed by atoms with Gasteiger partial charge < -0.3 is 5.11 Å². The molecular weight excluding hydrogens is 266 g/mol. The van der Waals surface area contributed by atoms with E-state index in [0.29, 0.717) is 6.54 Å². The smallest absolute Gasteiger partial charge is 0.317 e. The minimum absolute atomic E-state index is 0.0533. The van der Waals surface area contributed by atoms with Crippen LogP contribution in [0.2, 0.25) is 0 Å². The number of benzene rings is 1. The van der Waals surface area contributed by atoms with Crippen LogP contribution in [0.15, 0.2) is 36.5 Å². The summed E-state index contributed by atoms with van der Waals surface area (Å²) in [6, 6.07) is 10.2. The zero-order chi connectivity index (χ0) is 15.4. The number of hydrogen-bond acceptors (Lipinski definition) is 3. The molecule has 1 aromatic carbocycles. The van der Waals surface area contributed by atoms with Crippen molar-refractivity contribution in [1.82, 2.24) is 14.7 Å². The standard InChI is InChI=1S/C16H21N3O2/c1-12(2)18(11-16(20)21)10-14-4-6-15(7-5-14)19-9-8-13(3)17-19/h4-9,12H,10-11H2,1-3H3,(H,20,21). The number of aliphatic carboxylic acids is 1. The Morgan fingerprint density at radius 3 is 2.43 bits per heavy atom. The maximum atomic E-state index is 10.9. The fourth-order valence-electron chi connectivity index (χ4n) is 2.14. The monoisotopic (exact) mass is 287 g/mol. The van der Waals surface area contributed by atoms with Crippen LogP contribution in [0.4, 0.5) is 0 Å². The Morgan fingerprint density at radius 1 is 1.29 bits per heavy atom. The van der Waals surface area contributed by atoms with E-state index in [4.69, 9.17) is 5.11 Å². The molecule has 5 nitrogen and oxygen atoms in total. The molecule has 0 atom stereocenters. The van der Waals surface area contributed by atoms with Gasteiger partial charge in [0.2, 0.25) is 0 Å². The van der Waals surface area contributed by atoms with Crippen LogP contribution in [0.3, 0.4) is 0 Å². The zero-order valence-corrected chi connectivity index (χ0v) is 12.7. The Bertz CT molecular complexity index is 602. The van der Waals surface area contributed by atoms with Gasteiger partial charge in [0.1, 0.15) is 0 Å². The van der Waals surface area contributed by atoms with Crippen LogP contribution in [0.25, 0.3) is 5.69 Å². The molecule has 1 heterocycles. The molecule has 0 saturated carbocycles. The number of hydrogen-bond donors (Lipinski definition) is 1. The summed E-state index contributed by atoms with van der Waals surface area (Å²) in [5.74, 6) is -0.799. The second-order valence-electron chi connectivity index (χ2n) is 5.46. The second-order valence-corrected chi connectivity index (χ2v) is 5.46. The Labute approximate surface area is 124 Å². The average Bonchev–Trinajstić information content (AvgIpc) is 2.85. The molecule has 0 saturated heterocycles. The van der Waals surface area contributed by atoms with E-state index in [1.54, 1.807) is 0 Å². The van der Waals surface area contributed by atoms with Crippen molar-refractivity contribution >= 4 is 5.97 Å². The quantitative estimate of drug-likeness (QED) is 0.886. The van der Waals surface area contributed by atoms with Crippen molar-refractivity contribution < 1.29 is 9.90 Å². The van der Waals surface area contributed by atoms with Gasteiger partial charge in [-0.2, -0.15) is 5.10 Å². The largest absolute Gasteiger partial charge is 0.480 e. The number of carboxylic acid groups (broad SMARTS) is 1. The minimum Gasteiger partial charge on any atom is -0.480 e. The molecule has 0 aliphatic rings. The summed E-state index contributed by atoms with van der Waals surface area (Å²) in [4.78, 5) is 12.8. The molecule has 0 aliphatic heterocycles. The van der Waals surface area contributed by atoms with Crippen molar-refractivity contribution in [3.63, 3.8) is 0 Å². The molecule has 5 heteroatoms. The van der Waals surface area contributed by atoms with Gasteiger partial charge in [-0.15, -0.1) is 0 Å². The molecule has 21 heavy (non-hydrogen) atoms. The van der Waals surface area contributed by atoms with Crippen LogP contribution in [-0.4, -0.2) is 38.3 Å². The van der Waals surface area contributed by atoms with Crippen molar-refractivity contribution in [2.24, 2.45) is 0 Å². The Morgan fingerprint density at radius 2 is 1.95 bits per heavy atom. The van der Waals surface area contributed by atoms with Gasteiger partial charge in [0.05, 0.1) is 17.9 Å². The highest BCUT2D eigenvalue weighted by Crippen LogP contribution is 2.12. The third-order valence-electron chi connectivity index (χ3n) is 3.38. The summed E-state index contributed by atoms with van der Waals surface area (Å²) in [7, 11) is 0. The third-order valence-corrected chi connectivity index (χ3v) is 3.38. The molecule has 0 bridgehead atoms. The highest BCUT2D eigenvalue weighted by Gasteiger charge is 2.13. The Hall–Kier alpha value is -2.14. The SMILES string of the molecule is Cc1ccn(-c2ccc(CN(CC(=O)O)C(C)C)cc2)n1. The Kier molecular flexibility index (Phi) is 4.75. The first-order valence-corrected chi connectivity index (χ1v) is 7.03. The van der Waals surface area contributed by atoms with E-state index in [2.05, 4.69) is 5.10 Å². The molecule has 2 aromatic rings. The first-order chi connectivity index (χ1) is 9.95. The first kappa shape index (κ1) is 15.3. The van der Waals surface area contributed by atoms with Crippen LogP contribution in [0.1, 0.15) is 25.1 Å². The number of aryl methyl sites for hydroxylation is 1. The van der Waals surface area contributed by atoms with Gasteiger partial charge in [-0.25, -0.2) is 4.68 Å². The molecule has 1 aromatic heterocycles. The fourth-order valence-corrected chi connectivity index (χ4v) is 2.14. The number of carboxylic acids is 1. The third kappa shape index (κ3) is 4.16. The highest BCUT2D eigenvalue weighted by molar-refractivity contribution is 5.69. The lowest BCUT2D eigenvalue weighted by Crippen LogP contribution is -2.35. The normalized spacial score (nSPS) is 11.3. The van der Waals surface area contributed by atoms with E-state index in [1.165, 1.54) is 0 Å². The van der Waals surface area contributed by atoms with Crippen LogP contribution in [0.5, 0.6) is 0 Å². The first-order valence-electron chi connectivity index (χ1n) is 7.03. The van der Waals surface area contributed by atoms with Gasteiger partial charge in [0.15, 0.2) is 0 Å². The van der Waals surface area contributed by atoms with Crippen molar-refractivity contribution in [3.05, 3.63) is 47.8 Å². The van der Waals surface area contributed by atoms with Crippen LogP contribution >= 0.6 is 0 Å². The van der Waals surface area contributed by atoms with Crippen molar-refractivity contribution in [1.29, 1.82) is 0 Å². The molecule has 0 aliphatic carbocycles. The molecule has 112 valence electrons. The van der Waals surface area contributed by atoms with Gasteiger partial charge >= 0.3 is 5.97 Å². The molecule has 0 fully saturated rings. The van der Waals surface area contributed by atoms with Gasteiger partial charge in [-0.05, 0) is 44.5 Å². The second kappa shape index (κ2) is 6.54. The molecule has 0 spiro atoms. The summed E-state index contributed by atoms with van der Waals surface area (Å²) in [6.07, 6.45) is 1.93. The predicted octanol–water partition coefficient (Wildman–Crippen LogP) is 2.48. The van der Waals surface area contributed by atoms with Crippen molar-refractivity contribution in [2.75, 3.05) is 6.54 Å². The summed E-state index contributed by atoms with van der Waals surface area (Å²) >= 11 is 0. The maximum absolute atomic E-state index is 10.9. The predicted molar refractivity (Wildman–Crippen MR) is 81.5 cm³/mol. The molecule has 0 unspecified atom stereocenters. The molecule has 0 radical (unpaired) electrons. The van der Waals surface area contributed by atoms with E-state index in [-0.39, 0.29) is 12.6 Å². The van der Waals surface area contributed by atoms with Gasteiger partial charge in [-0.1, -0.05) is 12.1 Å². The molecule has 1 N–H and O–H groups in total. The lowest BCUT2D eigenvalue weighted by Gasteiger charge is -2.24. The lowest BCUT2D eigenvalue weighted by molar-refractivity contribution is -0.138. The zero-order valence-electron chi connectivity index (χ0n) is 12.7. The fraction of sp³-hybridized carbons (Fsp3) is 0.375. The van der Waals surface area contributed by atoms with Crippen molar-refractivity contribution in [3.8, 4) is 5.69 Å². The minimum atomic E-state index is -0.799. The summed E-state index contributed by atoms with van der Waals surface area (Å²) in [5, 5.41) is 13.3. The van der Waals surface area contributed by atoms with E-state index < -0.39 is 5.97 Å². The summed E-state index contributed by atoms with van der Waals surface area (Å²) < 4.78 is 1.83. The van der Waals surface area contributed by atoms with E-state index >= 15 is 0 Å². The number of rotatable bonds is 6. The average molecular weight is 287 g/mol. The number of aromatic nitrogens is 2. The lowest BCUT2D eigenvalue weighted by atomic mass is 10.1. The van der Waals surface area contributed by atoms with Crippen LogP contribution in [-0.2, 0) is 11.3 Å². The van der Waals surface area contributed by atoms with E-state index in [0.717, 1.165) is 16.9 Å². The van der Waals surface area contributed by atoms with Crippen LogP contribution in [0, 0.1) is 6.92 Å². The highest BCUT2D eigenvalue weighted by atomic mass is 16.4. The molecule has 2 rings (SSSR count). The van der Waals surface area contributed by atoms with Gasteiger partial charge in [0, 0.05) is 18.8 Å². The van der Waals surface area contributed by atoms with E-state index in [9.17, 15) is 4.79 Å². The Balaban J connectivity index is 2.09. The number of carbonyl (C=O) groups is 1. The summed E-state index contributed by atoms with van der Waals surface area (Å²) in [6.45, 7) is 6.64. The molecular formula is C16H21N3O2. The van der Waals surface area contributed by atoms with Gasteiger partial charge in [0.25, 0.3) is 0 Å². The van der Waals surface area contributed by atoms with Crippen LogP contribution < -0.4 is 0 Å². The summed E-state index contributed by atoms with van der Waals surface area (Å²) in [5.41, 5.74) is 3.07.